The molecule has 0 spiro atoms. The van der Waals surface area contributed by atoms with Crippen molar-refractivity contribution < 1.29 is 4.79 Å². The van der Waals surface area contributed by atoms with Crippen LogP contribution in [-0.2, 0) is 4.79 Å². The number of benzene rings is 1. The number of nitrogens with one attached hydrogen (secondary N) is 1. The molecule has 1 aliphatic rings. The third-order valence-corrected chi connectivity index (χ3v) is 4.50. The summed E-state index contributed by atoms with van der Waals surface area (Å²) in [5, 5.41) is 0. The van der Waals surface area contributed by atoms with Crippen molar-refractivity contribution in [2.24, 2.45) is 5.84 Å². The van der Waals surface area contributed by atoms with Crippen molar-refractivity contribution in [1.29, 1.82) is 0 Å². The van der Waals surface area contributed by atoms with Gasteiger partial charge in [-0.15, -0.1) is 0 Å². The van der Waals surface area contributed by atoms with Crippen LogP contribution in [0, 0.1) is 0 Å². The molecular weight excluding hydrogens is 262 g/mol. The van der Waals surface area contributed by atoms with Gasteiger partial charge in [0.25, 0.3) is 5.91 Å². The molecule has 1 amide bonds. The molecule has 2 atom stereocenters. The average Bonchev–Trinajstić information content (AvgIpc) is 2.44. The van der Waals surface area contributed by atoms with Crippen molar-refractivity contribution >= 4 is 11.6 Å². The van der Waals surface area contributed by atoms with Crippen LogP contribution in [0.25, 0.3) is 0 Å². The molecule has 0 fully saturated rings. The third kappa shape index (κ3) is 2.91. The lowest BCUT2D eigenvalue weighted by Gasteiger charge is -2.50. The maximum absolute atomic E-state index is 12.3. The number of hydrazine groups is 1. The summed E-state index contributed by atoms with van der Waals surface area (Å²) >= 11 is 0. The largest absolute Gasteiger partial charge is 0.354 e. The van der Waals surface area contributed by atoms with Crippen molar-refractivity contribution in [1.82, 2.24) is 5.43 Å². The smallest absolute Gasteiger partial charge is 0.256 e. The molecule has 0 saturated heterocycles. The van der Waals surface area contributed by atoms with E-state index in [4.69, 9.17) is 5.84 Å². The molecule has 0 aliphatic carbocycles. The van der Waals surface area contributed by atoms with E-state index in [0.717, 1.165) is 19.3 Å². The van der Waals surface area contributed by atoms with E-state index in [0.29, 0.717) is 5.92 Å². The first-order chi connectivity index (χ1) is 9.92. The Bertz CT molecular complexity index is 513. The van der Waals surface area contributed by atoms with E-state index < -0.39 is 0 Å². The van der Waals surface area contributed by atoms with Gasteiger partial charge in [-0.1, -0.05) is 38.5 Å². The Labute approximate surface area is 127 Å². The minimum atomic E-state index is -0.219. The summed E-state index contributed by atoms with van der Waals surface area (Å²) in [5.41, 5.74) is 4.77. The topological polar surface area (TPSA) is 58.4 Å². The summed E-state index contributed by atoms with van der Waals surface area (Å²) in [7, 11) is 0. The summed E-state index contributed by atoms with van der Waals surface area (Å²) in [6.45, 7) is 8.79. The lowest BCUT2D eigenvalue weighted by molar-refractivity contribution is -0.123. The highest BCUT2D eigenvalue weighted by atomic mass is 16.2. The zero-order chi connectivity index (χ0) is 15.6. The molecule has 0 unspecified atom stereocenters. The van der Waals surface area contributed by atoms with Crippen LogP contribution in [-0.4, -0.2) is 17.5 Å². The zero-order valence-electron chi connectivity index (χ0n) is 13.5. The van der Waals surface area contributed by atoms with Crippen LogP contribution in [0.1, 0.15) is 58.4 Å². The van der Waals surface area contributed by atoms with Crippen molar-refractivity contribution in [2.45, 2.75) is 64.5 Å². The molecule has 4 nitrogen and oxygen atoms in total. The SMILES string of the molecule is CCC[C@H](C(=O)NN)N1c2ccccc2[C@H](C)CC1(C)C. The Morgan fingerprint density at radius 2 is 2.14 bits per heavy atom. The molecule has 4 heteroatoms. The van der Waals surface area contributed by atoms with Gasteiger partial charge in [-0.2, -0.15) is 0 Å². The minimum Gasteiger partial charge on any atom is -0.354 e. The van der Waals surface area contributed by atoms with Gasteiger partial charge in [0.2, 0.25) is 0 Å². The van der Waals surface area contributed by atoms with Crippen LogP contribution < -0.4 is 16.2 Å². The van der Waals surface area contributed by atoms with E-state index in [2.05, 4.69) is 56.2 Å². The Morgan fingerprint density at radius 3 is 2.76 bits per heavy atom. The number of fused-ring (bicyclic) bond motifs is 1. The van der Waals surface area contributed by atoms with E-state index in [1.165, 1.54) is 11.3 Å². The van der Waals surface area contributed by atoms with Gasteiger partial charge in [-0.05, 0) is 44.2 Å². The summed E-state index contributed by atoms with van der Waals surface area (Å²) in [5.74, 6) is 5.81. The van der Waals surface area contributed by atoms with Gasteiger partial charge in [0.1, 0.15) is 6.04 Å². The summed E-state index contributed by atoms with van der Waals surface area (Å²) in [6, 6.07) is 8.20. The van der Waals surface area contributed by atoms with Crippen LogP contribution in [0.5, 0.6) is 0 Å². The van der Waals surface area contributed by atoms with Gasteiger partial charge in [0.15, 0.2) is 0 Å². The van der Waals surface area contributed by atoms with Gasteiger partial charge in [-0.25, -0.2) is 5.84 Å². The maximum atomic E-state index is 12.3. The fourth-order valence-corrected chi connectivity index (χ4v) is 3.74. The van der Waals surface area contributed by atoms with E-state index in [9.17, 15) is 4.79 Å². The first kappa shape index (κ1) is 15.8. The van der Waals surface area contributed by atoms with Gasteiger partial charge in [0, 0.05) is 11.2 Å². The van der Waals surface area contributed by atoms with Crippen LogP contribution in [0.2, 0.25) is 0 Å². The molecule has 1 aromatic rings. The van der Waals surface area contributed by atoms with Crippen molar-refractivity contribution in [2.75, 3.05) is 4.90 Å². The summed E-state index contributed by atoms with van der Waals surface area (Å²) < 4.78 is 0. The number of carbonyl (C=O) groups is 1. The second kappa shape index (κ2) is 6.06. The first-order valence-corrected chi connectivity index (χ1v) is 7.81. The lowest BCUT2D eigenvalue weighted by atomic mass is 9.78. The average molecular weight is 289 g/mol. The Morgan fingerprint density at radius 1 is 1.48 bits per heavy atom. The molecule has 1 heterocycles. The number of carbonyl (C=O) groups excluding carboxylic acids is 1. The normalized spacial score (nSPS) is 21.6. The number of anilines is 1. The number of amides is 1. The molecule has 0 saturated carbocycles. The second-order valence-electron chi connectivity index (χ2n) is 6.66. The second-order valence-corrected chi connectivity index (χ2v) is 6.66. The Kier molecular flexibility index (Phi) is 4.57. The Hall–Kier alpha value is -1.55. The number of hydrogen-bond acceptors (Lipinski definition) is 3. The van der Waals surface area contributed by atoms with Crippen LogP contribution in [0.4, 0.5) is 5.69 Å². The van der Waals surface area contributed by atoms with Gasteiger partial charge in [0.05, 0.1) is 0 Å². The summed E-state index contributed by atoms with van der Waals surface area (Å²) in [4.78, 5) is 14.6. The predicted molar refractivity (Wildman–Crippen MR) is 87.1 cm³/mol. The molecule has 21 heavy (non-hydrogen) atoms. The number of para-hydroxylation sites is 1. The fraction of sp³-hybridized carbons (Fsp3) is 0.588. The minimum absolute atomic E-state index is 0.0693. The molecule has 0 radical (unpaired) electrons. The van der Waals surface area contributed by atoms with Gasteiger partial charge >= 0.3 is 0 Å². The van der Waals surface area contributed by atoms with Gasteiger partial charge < -0.3 is 4.90 Å². The van der Waals surface area contributed by atoms with Crippen molar-refractivity contribution in [3.63, 3.8) is 0 Å². The number of rotatable bonds is 4. The molecule has 0 aromatic heterocycles. The molecule has 3 N–H and O–H groups in total. The fourth-order valence-electron chi connectivity index (χ4n) is 3.74. The van der Waals surface area contributed by atoms with E-state index in [1.54, 1.807) is 0 Å². The van der Waals surface area contributed by atoms with Crippen LogP contribution in [0.15, 0.2) is 24.3 Å². The predicted octanol–water partition coefficient (Wildman–Crippen LogP) is 2.94. The highest BCUT2D eigenvalue weighted by molar-refractivity contribution is 5.86. The Balaban J connectivity index is 2.52. The zero-order valence-corrected chi connectivity index (χ0v) is 13.5. The first-order valence-electron chi connectivity index (χ1n) is 7.81. The summed E-state index contributed by atoms with van der Waals surface area (Å²) in [6.07, 6.45) is 2.78. The highest BCUT2D eigenvalue weighted by Gasteiger charge is 2.41. The van der Waals surface area contributed by atoms with E-state index in [-0.39, 0.29) is 17.5 Å². The molecule has 0 bridgehead atoms. The van der Waals surface area contributed by atoms with E-state index in [1.807, 2.05) is 6.07 Å². The number of nitrogens with two attached hydrogens (primary N) is 1. The monoisotopic (exact) mass is 289 g/mol. The van der Waals surface area contributed by atoms with E-state index >= 15 is 0 Å². The highest BCUT2D eigenvalue weighted by Crippen LogP contribution is 2.44. The molecule has 2 rings (SSSR count). The molecule has 116 valence electrons. The number of hydrogen-bond donors (Lipinski definition) is 2. The standard InChI is InChI=1S/C17H27N3O/c1-5-8-15(16(21)19-18)20-14-10-7-6-9-13(14)12(2)11-17(20,3)4/h6-7,9-10,12,15H,5,8,11,18H2,1-4H3,(H,19,21)/t12-,15-/m1/s1. The molecule has 1 aliphatic heterocycles. The van der Waals surface area contributed by atoms with Crippen molar-refractivity contribution in [3.05, 3.63) is 29.8 Å². The van der Waals surface area contributed by atoms with Crippen LogP contribution in [0.3, 0.4) is 0 Å². The molecule has 1 aromatic carbocycles. The van der Waals surface area contributed by atoms with Gasteiger partial charge in [-0.3, -0.25) is 10.2 Å². The van der Waals surface area contributed by atoms with Crippen LogP contribution >= 0.6 is 0 Å². The third-order valence-electron chi connectivity index (χ3n) is 4.50. The lowest BCUT2D eigenvalue weighted by Crippen LogP contribution is -2.59. The van der Waals surface area contributed by atoms with Crippen molar-refractivity contribution in [3.8, 4) is 0 Å². The quantitative estimate of drug-likeness (QED) is 0.509. The maximum Gasteiger partial charge on any atom is 0.256 e. The molecular formula is C17H27N3O. The number of nitrogens with zero attached hydrogens (tertiary/aromatic N) is 1.